The van der Waals surface area contributed by atoms with Crippen molar-refractivity contribution in [2.24, 2.45) is 5.92 Å². The number of rotatable bonds is 10. The van der Waals surface area contributed by atoms with E-state index in [-0.39, 0.29) is 0 Å². The second-order valence-electron chi connectivity index (χ2n) is 4.68. The van der Waals surface area contributed by atoms with Gasteiger partial charge in [-0.3, -0.25) is 0 Å². The van der Waals surface area contributed by atoms with E-state index in [9.17, 15) is 0 Å². The summed E-state index contributed by atoms with van der Waals surface area (Å²) in [5.41, 5.74) is 0. The van der Waals surface area contributed by atoms with E-state index in [0.29, 0.717) is 12.5 Å². The van der Waals surface area contributed by atoms with Crippen LogP contribution in [0.4, 0.5) is 0 Å². The molecule has 1 aromatic rings. The summed E-state index contributed by atoms with van der Waals surface area (Å²) in [7, 11) is 1.66. The van der Waals surface area contributed by atoms with Crippen molar-refractivity contribution in [3.05, 3.63) is 24.3 Å². The standard InChI is InChI=1S/C15H24ClNO2/c1-13(12-16)4-3-9-17-10-11-19-15-7-5-14(18-2)6-8-15/h5-8,13,17H,3-4,9-12H2,1-2H3. The summed E-state index contributed by atoms with van der Waals surface area (Å²) < 4.78 is 10.7. The molecule has 1 rings (SSSR count). The Morgan fingerprint density at radius 3 is 2.47 bits per heavy atom. The Kier molecular flexibility index (Phi) is 8.43. The van der Waals surface area contributed by atoms with Crippen LogP contribution in [0.25, 0.3) is 0 Å². The molecule has 0 aliphatic heterocycles. The number of hydrogen-bond donors (Lipinski definition) is 1. The van der Waals surface area contributed by atoms with Gasteiger partial charge in [-0.2, -0.15) is 0 Å². The molecular formula is C15H24ClNO2. The highest BCUT2D eigenvalue weighted by molar-refractivity contribution is 6.18. The number of benzene rings is 1. The Bertz CT molecular complexity index is 329. The lowest BCUT2D eigenvalue weighted by Crippen LogP contribution is -2.22. The van der Waals surface area contributed by atoms with Crippen LogP contribution in [0.1, 0.15) is 19.8 Å². The van der Waals surface area contributed by atoms with Gasteiger partial charge in [0.25, 0.3) is 0 Å². The van der Waals surface area contributed by atoms with Crippen LogP contribution in [0.5, 0.6) is 11.5 Å². The van der Waals surface area contributed by atoms with Crippen LogP contribution in [-0.4, -0.2) is 32.7 Å². The largest absolute Gasteiger partial charge is 0.497 e. The highest BCUT2D eigenvalue weighted by Gasteiger charge is 1.99. The fraction of sp³-hybridized carbons (Fsp3) is 0.600. The molecule has 0 aliphatic carbocycles. The molecular weight excluding hydrogens is 262 g/mol. The Morgan fingerprint density at radius 1 is 1.16 bits per heavy atom. The molecule has 0 aromatic heterocycles. The molecule has 0 amide bonds. The van der Waals surface area contributed by atoms with Crippen LogP contribution < -0.4 is 14.8 Å². The average Bonchev–Trinajstić information content (AvgIpc) is 2.46. The predicted molar refractivity (Wildman–Crippen MR) is 80.5 cm³/mol. The lowest BCUT2D eigenvalue weighted by molar-refractivity contribution is 0.312. The summed E-state index contributed by atoms with van der Waals surface area (Å²) in [5.74, 6) is 3.08. The lowest BCUT2D eigenvalue weighted by atomic mass is 10.1. The fourth-order valence-corrected chi connectivity index (χ4v) is 1.84. The number of methoxy groups -OCH3 is 1. The minimum Gasteiger partial charge on any atom is -0.497 e. The molecule has 0 heterocycles. The van der Waals surface area contributed by atoms with Gasteiger partial charge in [0.15, 0.2) is 0 Å². The van der Waals surface area contributed by atoms with Crippen LogP contribution in [0.15, 0.2) is 24.3 Å². The van der Waals surface area contributed by atoms with Crippen molar-refractivity contribution >= 4 is 11.6 Å². The maximum atomic E-state index is 5.75. The van der Waals surface area contributed by atoms with E-state index >= 15 is 0 Å². The third-order valence-electron chi connectivity index (χ3n) is 2.92. The summed E-state index contributed by atoms with van der Waals surface area (Å²) in [6.07, 6.45) is 2.34. The number of nitrogens with one attached hydrogen (secondary N) is 1. The molecule has 0 saturated carbocycles. The van der Waals surface area contributed by atoms with E-state index in [4.69, 9.17) is 21.1 Å². The molecule has 0 fully saturated rings. The van der Waals surface area contributed by atoms with Crippen LogP contribution in [0.2, 0.25) is 0 Å². The minimum absolute atomic E-state index is 0.610. The molecule has 1 N–H and O–H groups in total. The number of hydrogen-bond acceptors (Lipinski definition) is 3. The van der Waals surface area contributed by atoms with Crippen molar-refractivity contribution in [3.8, 4) is 11.5 Å². The zero-order chi connectivity index (χ0) is 13.9. The SMILES string of the molecule is COc1ccc(OCCNCCCC(C)CCl)cc1. The van der Waals surface area contributed by atoms with E-state index in [2.05, 4.69) is 12.2 Å². The molecule has 3 nitrogen and oxygen atoms in total. The van der Waals surface area contributed by atoms with Gasteiger partial charge in [0, 0.05) is 12.4 Å². The molecule has 1 atom stereocenters. The maximum absolute atomic E-state index is 5.75. The van der Waals surface area contributed by atoms with Crippen molar-refractivity contribution < 1.29 is 9.47 Å². The zero-order valence-electron chi connectivity index (χ0n) is 11.8. The monoisotopic (exact) mass is 285 g/mol. The second kappa shape index (κ2) is 9.93. The van der Waals surface area contributed by atoms with Gasteiger partial charge in [-0.15, -0.1) is 11.6 Å². The third-order valence-corrected chi connectivity index (χ3v) is 3.45. The zero-order valence-corrected chi connectivity index (χ0v) is 12.6. The molecule has 0 saturated heterocycles. The molecule has 0 bridgehead atoms. The van der Waals surface area contributed by atoms with Gasteiger partial charge in [0.1, 0.15) is 18.1 Å². The summed E-state index contributed by atoms with van der Waals surface area (Å²) in [6.45, 7) is 4.74. The number of ether oxygens (including phenoxy) is 2. The van der Waals surface area contributed by atoms with Gasteiger partial charge in [-0.1, -0.05) is 6.92 Å². The summed E-state index contributed by atoms with van der Waals surface area (Å²) in [5, 5.41) is 3.36. The summed E-state index contributed by atoms with van der Waals surface area (Å²) >= 11 is 5.75. The van der Waals surface area contributed by atoms with E-state index < -0.39 is 0 Å². The lowest BCUT2D eigenvalue weighted by Gasteiger charge is -2.09. The van der Waals surface area contributed by atoms with Crippen molar-refractivity contribution in [1.82, 2.24) is 5.32 Å². The molecule has 0 aliphatic rings. The summed E-state index contributed by atoms with van der Waals surface area (Å²) in [4.78, 5) is 0. The van der Waals surface area contributed by atoms with Gasteiger partial charge < -0.3 is 14.8 Å². The quantitative estimate of drug-likeness (QED) is 0.528. The second-order valence-corrected chi connectivity index (χ2v) is 4.98. The van der Waals surface area contributed by atoms with Gasteiger partial charge >= 0.3 is 0 Å². The normalized spacial score (nSPS) is 12.2. The van der Waals surface area contributed by atoms with Crippen molar-refractivity contribution in [3.63, 3.8) is 0 Å². The molecule has 19 heavy (non-hydrogen) atoms. The van der Waals surface area contributed by atoms with Crippen LogP contribution in [0, 0.1) is 5.92 Å². The Labute approximate surface area is 121 Å². The highest BCUT2D eigenvalue weighted by Crippen LogP contribution is 2.16. The van der Waals surface area contributed by atoms with E-state index in [1.807, 2.05) is 24.3 Å². The molecule has 1 aromatic carbocycles. The molecule has 0 radical (unpaired) electrons. The first-order chi connectivity index (χ1) is 9.26. The van der Waals surface area contributed by atoms with Crippen LogP contribution in [-0.2, 0) is 0 Å². The van der Waals surface area contributed by atoms with Gasteiger partial charge in [0.2, 0.25) is 0 Å². The first kappa shape index (κ1) is 16.1. The van der Waals surface area contributed by atoms with Crippen molar-refractivity contribution in [1.29, 1.82) is 0 Å². The minimum atomic E-state index is 0.610. The van der Waals surface area contributed by atoms with Gasteiger partial charge in [-0.05, 0) is 49.6 Å². The van der Waals surface area contributed by atoms with Gasteiger partial charge in [-0.25, -0.2) is 0 Å². The first-order valence-corrected chi connectivity index (χ1v) is 7.33. The first-order valence-electron chi connectivity index (χ1n) is 6.79. The smallest absolute Gasteiger partial charge is 0.119 e. The van der Waals surface area contributed by atoms with E-state index in [1.54, 1.807) is 7.11 Å². The maximum Gasteiger partial charge on any atom is 0.119 e. The molecule has 0 spiro atoms. The Balaban J connectivity index is 2.01. The topological polar surface area (TPSA) is 30.5 Å². The highest BCUT2D eigenvalue weighted by atomic mass is 35.5. The predicted octanol–water partition coefficient (Wildman–Crippen LogP) is 3.32. The Hall–Kier alpha value is -0.930. The van der Waals surface area contributed by atoms with Crippen LogP contribution >= 0.6 is 11.6 Å². The molecule has 108 valence electrons. The van der Waals surface area contributed by atoms with E-state index in [1.165, 1.54) is 6.42 Å². The van der Waals surface area contributed by atoms with Crippen LogP contribution in [0.3, 0.4) is 0 Å². The molecule has 1 unspecified atom stereocenters. The third kappa shape index (κ3) is 7.28. The van der Waals surface area contributed by atoms with Gasteiger partial charge in [0.05, 0.1) is 7.11 Å². The average molecular weight is 286 g/mol. The van der Waals surface area contributed by atoms with E-state index in [0.717, 1.165) is 36.9 Å². The molecule has 4 heteroatoms. The van der Waals surface area contributed by atoms with Crippen molar-refractivity contribution in [2.45, 2.75) is 19.8 Å². The number of alkyl halides is 1. The van der Waals surface area contributed by atoms with Crippen molar-refractivity contribution in [2.75, 3.05) is 32.7 Å². The summed E-state index contributed by atoms with van der Waals surface area (Å²) in [6, 6.07) is 7.63. The number of halogens is 1. The Morgan fingerprint density at radius 2 is 1.84 bits per heavy atom. The fourth-order valence-electron chi connectivity index (χ4n) is 1.69.